The first-order valence-corrected chi connectivity index (χ1v) is 9.43. The van der Waals surface area contributed by atoms with E-state index in [2.05, 4.69) is 15.6 Å². The third kappa shape index (κ3) is 4.72. The van der Waals surface area contributed by atoms with Crippen LogP contribution < -0.4 is 20.1 Å². The van der Waals surface area contributed by atoms with Crippen LogP contribution in [-0.2, 0) is 11.3 Å². The van der Waals surface area contributed by atoms with Gasteiger partial charge in [-0.3, -0.25) is 4.79 Å². The number of halogens is 1. The van der Waals surface area contributed by atoms with E-state index >= 15 is 0 Å². The van der Waals surface area contributed by atoms with Crippen LogP contribution in [0.2, 0.25) is 5.02 Å². The standard InChI is InChI=1S/C18H25ClN4O3/c1-2-20-18(22-12-16(24)23-5-3-4-6-23)21-11-13-9-14(19)17-15(10-13)25-7-8-26-17/h9-10H,2-8,11-12H2,1H3,(H2,20,21,22). The molecule has 1 aromatic carbocycles. The van der Waals surface area contributed by atoms with E-state index in [1.807, 2.05) is 24.0 Å². The molecule has 0 saturated carbocycles. The fourth-order valence-electron chi connectivity index (χ4n) is 3.01. The summed E-state index contributed by atoms with van der Waals surface area (Å²) in [5.74, 6) is 1.95. The fraction of sp³-hybridized carbons (Fsp3) is 0.556. The molecule has 1 fully saturated rings. The number of carbonyl (C=O) groups is 1. The first kappa shape index (κ1) is 18.6. The molecule has 0 aromatic heterocycles. The van der Waals surface area contributed by atoms with Gasteiger partial charge in [-0.05, 0) is 37.5 Å². The van der Waals surface area contributed by atoms with Crippen molar-refractivity contribution in [2.24, 2.45) is 4.99 Å². The average Bonchev–Trinajstić information content (AvgIpc) is 3.19. The number of fused-ring (bicyclic) bond motifs is 1. The number of aliphatic imine (C=N–C) groups is 1. The molecule has 0 unspecified atom stereocenters. The predicted molar refractivity (Wildman–Crippen MR) is 101 cm³/mol. The van der Waals surface area contributed by atoms with Crippen molar-refractivity contribution in [2.75, 3.05) is 39.4 Å². The summed E-state index contributed by atoms with van der Waals surface area (Å²) in [7, 11) is 0. The summed E-state index contributed by atoms with van der Waals surface area (Å²) in [4.78, 5) is 18.6. The van der Waals surface area contributed by atoms with Crippen LogP contribution in [0.1, 0.15) is 25.3 Å². The maximum atomic E-state index is 12.2. The first-order chi connectivity index (χ1) is 12.7. The zero-order valence-corrected chi connectivity index (χ0v) is 15.8. The molecule has 0 aliphatic carbocycles. The molecule has 0 atom stereocenters. The van der Waals surface area contributed by atoms with Gasteiger partial charge in [-0.1, -0.05) is 11.6 Å². The lowest BCUT2D eigenvalue weighted by Crippen LogP contribution is -2.44. The Hall–Kier alpha value is -2.15. The Labute approximate surface area is 158 Å². The van der Waals surface area contributed by atoms with E-state index in [4.69, 9.17) is 21.1 Å². The summed E-state index contributed by atoms with van der Waals surface area (Å²) in [5, 5.41) is 6.78. The number of likely N-dealkylation sites (tertiary alicyclic amines) is 1. The Balaban J connectivity index is 1.61. The van der Waals surface area contributed by atoms with Crippen LogP contribution in [0.25, 0.3) is 0 Å². The van der Waals surface area contributed by atoms with Crippen molar-refractivity contribution in [3.63, 3.8) is 0 Å². The molecule has 26 heavy (non-hydrogen) atoms. The van der Waals surface area contributed by atoms with Gasteiger partial charge >= 0.3 is 0 Å². The molecule has 1 saturated heterocycles. The zero-order valence-electron chi connectivity index (χ0n) is 15.0. The Kier molecular flexibility index (Phi) is 6.44. The predicted octanol–water partition coefficient (Wildman–Crippen LogP) is 1.79. The largest absolute Gasteiger partial charge is 0.486 e. The van der Waals surface area contributed by atoms with E-state index in [-0.39, 0.29) is 12.5 Å². The summed E-state index contributed by atoms with van der Waals surface area (Å²) in [5.41, 5.74) is 0.919. The second-order valence-electron chi connectivity index (χ2n) is 6.24. The maximum Gasteiger partial charge on any atom is 0.241 e. The summed E-state index contributed by atoms with van der Waals surface area (Å²) in [6.45, 7) is 6.08. The number of benzene rings is 1. The molecule has 3 rings (SSSR count). The number of ether oxygens (including phenoxy) is 2. The average molecular weight is 381 g/mol. The molecule has 0 bridgehead atoms. The summed E-state index contributed by atoms with van der Waals surface area (Å²) < 4.78 is 11.1. The van der Waals surface area contributed by atoms with Crippen LogP contribution in [-0.4, -0.2) is 56.2 Å². The Bertz CT molecular complexity index is 675. The smallest absolute Gasteiger partial charge is 0.241 e. The SMILES string of the molecule is CCNC(=NCc1cc(Cl)c2c(c1)OCCO2)NCC(=O)N1CCCC1. The number of guanidine groups is 1. The van der Waals surface area contributed by atoms with Crippen LogP contribution in [0, 0.1) is 0 Å². The second kappa shape index (κ2) is 8.98. The quantitative estimate of drug-likeness (QED) is 0.601. The van der Waals surface area contributed by atoms with Gasteiger partial charge in [-0.25, -0.2) is 4.99 Å². The third-order valence-corrected chi connectivity index (χ3v) is 4.57. The van der Waals surface area contributed by atoms with Crippen molar-refractivity contribution in [1.82, 2.24) is 15.5 Å². The fourth-order valence-corrected chi connectivity index (χ4v) is 3.29. The van der Waals surface area contributed by atoms with Gasteiger partial charge in [0, 0.05) is 19.6 Å². The summed E-state index contributed by atoms with van der Waals surface area (Å²) in [6, 6.07) is 3.72. The van der Waals surface area contributed by atoms with Crippen LogP contribution in [0.5, 0.6) is 11.5 Å². The lowest BCUT2D eigenvalue weighted by Gasteiger charge is -2.20. The topological polar surface area (TPSA) is 75.2 Å². The number of nitrogens with zero attached hydrogens (tertiary/aromatic N) is 2. The number of nitrogens with one attached hydrogen (secondary N) is 2. The highest BCUT2D eigenvalue weighted by atomic mass is 35.5. The number of hydrogen-bond acceptors (Lipinski definition) is 4. The minimum absolute atomic E-state index is 0.107. The molecule has 2 N–H and O–H groups in total. The second-order valence-corrected chi connectivity index (χ2v) is 6.65. The number of carbonyl (C=O) groups excluding carboxylic acids is 1. The van der Waals surface area contributed by atoms with Gasteiger partial charge in [0.1, 0.15) is 13.2 Å². The minimum atomic E-state index is 0.107. The molecule has 7 nitrogen and oxygen atoms in total. The maximum absolute atomic E-state index is 12.2. The highest BCUT2D eigenvalue weighted by Gasteiger charge is 2.18. The van der Waals surface area contributed by atoms with Crippen molar-refractivity contribution in [3.05, 3.63) is 22.7 Å². The molecular formula is C18H25ClN4O3. The van der Waals surface area contributed by atoms with Crippen LogP contribution in [0.15, 0.2) is 17.1 Å². The van der Waals surface area contributed by atoms with E-state index in [1.54, 1.807) is 0 Å². The summed E-state index contributed by atoms with van der Waals surface area (Å²) in [6.07, 6.45) is 2.18. The lowest BCUT2D eigenvalue weighted by molar-refractivity contribution is -0.128. The van der Waals surface area contributed by atoms with Crippen molar-refractivity contribution in [3.8, 4) is 11.5 Å². The molecule has 1 amide bonds. The monoisotopic (exact) mass is 380 g/mol. The Morgan fingerprint density at radius 1 is 1.23 bits per heavy atom. The van der Waals surface area contributed by atoms with Crippen molar-refractivity contribution < 1.29 is 14.3 Å². The molecule has 8 heteroatoms. The van der Waals surface area contributed by atoms with E-state index in [9.17, 15) is 4.79 Å². The number of rotatable bonds is 5. The molecule has 2 aliphatic rings. The van der Waals surface area contributed by atoms with E-state index < -0.39 is 0 Å². The molecule has 0 spiro atoms. The molecular weight excluding hydrogens is 356 g/mol. The normalized spacial score (nSPS) is 16.5. The van der Waals surface area contributed by atoms with Gasteiger partial charge in [-0.15, -0.1) is 0 Å². The van der Waals surface area contributed by atoms with Crippen molar-refractivity contribution in [1.29, 1.82) is 0 Å². The molecule has 0 radical (unpaired) electrons. The van der Waals surface area contributed by atoms with Gasteiger partial charge in [0.2, 0.25) is 5.91 Å². The van der Waals surface area contributed by atoms with E-state index in [1.165, 1.54) is 0 Å². The molecule has 1 aromatic rings. The van der Waals surface area contributed by atoms with Crippen molar-refractivity contribution in [2.45, 2.75) is 26.3 Å². The first-order valence-electron chi connectivity index (χ1n) is 9.05. The zero-order chi connectivity index (χ0) is 18.4. The Morgan fingerprint density at radius 2 is 2.00 bits per heavy atom. The molecule has 2 heterocycles. The number of hydrogen-bond donors (Lipinski definition) is 2. The van der Waals surface area contributed by atoms with E-state index in [0.717, 1.165) is 31.5 Å². The van der Waals surface area contributed by atoms with E-state index in [0.29, 0.717) is 48.8 Å². The third-order valence-electron chi connectivity index (χ3n) is 4.29. The Morgan fingerprint density at radius 3 is 2.77 bits per heavy atom. The van der Waals surface area contributed by atoms with Gasteiger partial charge < -0.3 is 25.0 Å². The lowest BCUT2D eigenvalue weighted by atomic mass is 10.2. The highest BCUT2D eigenvalue weighted by Crippen LogP contribution is 2.38. The van der Waals surface area contributed by atoms with Gasteiger partial charge in [0.05, 0.1) is 18.1 Å². The highest BCUT2D eigenvalue weighted by molar-refractivity contribution is 6.32. The number of amides is 1. The molecule has 142 valence electrons. The van der Waals surface area contributed by atoms with Crippen molar-refractivity contribution >= 4 is 23.5 Å². The minimum Gasteiger partial charge on any atom is -0.486 e. The van der Waals surface area contributed by atoms with Gasteiger partial charge in [-0.2, -0.15) is 0 Å². The molecule has 2 aliphatic heterocycles. The van der Waals surface area contributed by atoms with Gasteiger partial charge in [0.15, 0.2) is 17.5 Å². The van der Waals surface area contributed by atoms with Gasteiger partial charge in [0.25, 0.3) is 0 Å². The van der Waals surface area contributed by atoms with Crippen LogP contribution >= 0.6 is 11.6 Å². The van der Waals surface area contributed by atoms with Crippen LogP contribution in [0.3, 0.4) is 0 Å². The summed E-state index contributed by atoms with van der Waals surface area (Å²) >= 11 is 6.26. The van der Waals surface area contributed by atoms with Crippen LogP contribution in [0.4, 0.5) is 0 Å².